The molecule has 1 heterocycles. The van der Waals surface area contributed by atoms with Crippen molar-refractivity contribution in [1.29, 1.82) is 0 Å². The van der Waals surface area contributed by atoms with E-state index >= 15 is 0 Å². The first-order chi connectivity index (χ1) is 12.3. The molecule has 0 aliphatic heterocycles. The molecule has 0 aliphatic carbocycles. The van der Waals surface area contributed by atoms with Gasteiger partial charge in [-0.2, -0.15) is 0 Å². The number of hydroxylamine groups is 1. The third kappa shape index (κ3) is 4.56. The zero-order chi connectivity index (χ0) is 17.5. The highest BCUT2D eigenvalue weighted by atomic mass is 16.5. The molecule has 0 unspecified atom stereocenters. The summed E-state index contributed by atoms with van der Waals surface area (Å²) in [5.41, 5.74) is 5.84. The third-order valence-electron chi connectivity index (χ3n) is 4.00. The molecule has 0 spiro atoms. The molecule has 0 saturated heterocycles. The maximum absolute atomic E-state index is 10.9. The Kier molecular flexibility index (Phi) is 5.61. The summed E-state index contributed by atoms with van der Waals surface area (Å²) in [6.45, 7) is 1.66. The van der Waals surface area contributed by atoms with Gasteiger partial charge < -0.3 is 9.73 Å². The second-order valence-corrected chi connectivity index (χ2v) is 5.73. The van der Waals surface area contributed by atoms with Crippen LogP contribution in [0.2, 0.25) is 0 Å². The van der Waals surface area contributed by atoms with E-state index in [0.29, 0.717) is 0 Å². The van der Waals surface area contributed by atoms with Crippen molar-refractivity contribution in [3.05, 3.63) is 77.6 Å². The Balaban J connectivity index is 1.48. The molecule has 1 amide bonds. The van der Waals surface area contributed by atoms with Crippen LogP contribution in [-0.4, -0.2) is 17.7 Å². The van der Waals surface area contributed by atoms with Crippen molar-refractivity contribution in [3.63, 3.8) is 0 Å². The van der Waals surface area contributed by atoms with Crippen LogP contribution in [0.15, 0.2) is 65.3 Å². The predicted molar refractivity (Wildman–Crippen MR) is 97.0 cm³/mol. The van der Waals surface area contributed by atoms with Crippen molar-refractivity contribution < 1.29 is 14.4 Å². The van der Waals surface area contributed by atoms with Gasteiger partial charge in [0.25, 0.3) is 5.91 Å². The molecule has 3 aromatic rings. The van der Waals surface area contributed by atoms with Crippen LogP contribution in [0, 0.1) is 0 Å². The summed E-state index contributed by atoms with van der Waals surface area (Å²) in [4.78, 5) is 10.9. The summed E-state index contributed by atoms with van der Waals surface area (Å²) >= 11 is 0. The fraction of sp³-hybridized carbons (Fsp3) is 0.150. The number of carbonyl (C=O) groups is 1. The molecule has 5 nitrogen and oxygen atoms in total. The molecule has 1 aromatic heterocycles. The van der Waals surface area contributed by atoms with Gasteiger partial charge in [0.1, 0.15) is 5.58 Å². The van der Waals surface area contributed by atoms with Gasteiger partial charge in [0.05, 0.1) is 6.26 Å². The molecule has 3 N–H and O–H groups in total. The average Bonchev–Trinajstić information content (AvgIpc) is 3.13. The molecule has 0 fully saturated rings. The van der Waals surface area contributed by atoms with Gasteiger partial charge in [-0.05, 0) is 47.9 Å². The lowest BCUT2D eigenvalue weighted by atomic mass is 10.1. The fourth-order valence-electron chi connectivity index (χ4n) is 2.69. The van der Waals surface area contributed by atoms with E-state index in [9.17, 15) is 4.79 Å². The Morgan fingerprint density at radius 3 is 2.76 bits per heavy atom. The number of fused-ring (bicyclic) bond motifs is 1. The number of amides is 1. The van der Waals surface area contributed by atoms with Gasteiger partial charge in [-0.25, -0.2) is 5.48 Å². The lowest BCUT2D eigenvalue weighted by molar-refractivity contribution is -0.124. The quantitative estimate of drug-likeness (QED) is 0.268. The minimum absolute atomic E-state index is 0.543. The number of rotatable bonds is 7. The van der Waals surface area contributed by atoms with E-state index in [2.05, 4.69) is 11.4 Å². The summed E-state index contributed by atoms with van der Waals surface area (Å²) < 4.78 is 5.42. The van der Waals surface area contributed by atoms with Crippen LogP contribution in [0.25, 0.3) is 17.0 Å². The van der Waals surface area contributed by atoms with Gasteiger partial charge in [-0.3, -0.25) is 10.0 Å². The van der Waals surface area contributed by atoms with Crippen molar-refractivity contribution in [2.24, 2.45) is 0 Å². The zero-order valence-corrected chi connectivity index (χ0v) is 13.7. The highest BCUT2D eigenvalue weighted by molar-refractivity contribution is 5.90. The number of carbonyl (C=O) groups excluding carboxylic acids is 1. The summed E-state index contributed by atoms with van der Waals surface area (Å²) in [6.07, 6.45) is 5.59. The first-order valence-corrected chi connectivity index (χ1v) is 8.13. The molecule has 0 bridgehead atoms. The molecule has 3 rings (SSSR count). The highest BCUT2D eigenvalue weighted by Gasteiger charge is 2.02. The van der Waals surface area contributed by atoms with Crippen molar-refractivity contribution in [3.8, 4) is 0 Å². The number of furan rings is 1. The van der Waals surface area contributed by atoms with Crippen molar-refractivity contribution in [1.82, 2.24) is 10.8 Å². The third-order valence-corrected chi connectivity index (χ3v) is 4.00. The molecule has 0 saturated carbocycles. The predicted octanol–water partition coefficient (Wildman–Crippen LogP) is 3.28. The summed E-state index contributed by atoms with van der Waals surface area (Å²) in [6, 6.07) is 16.0. The lowest BCUT2D eigenvalue weighted by Gasteiger charge is -2.06. The van der Waals surface area contributed by atoms with Gasteiger partial charge in [-0.15, -0.1) is 0 Å². The molecule has 2 aromatic carbocycles. The van der Waals surface area contributed by atoms with Gasteiger partial charge in [0.15, 0.2) is 0 Å². The van der Waals surface area contributed by atoms with Gasteiger partial charge >= 0.3 is 0 Å². The molecular formula is C20H20N2O3. The van der Waals surface area contributed by atoms with E-state index in [0.717, 1.165) is 30.7 Å². The molecule has 25 heavy (non-hydrogen) atoms. The highest BCUT2D eigenvalue weighted by Crippen LogP contribution is 2.19. The largest absolute Gasteiger partial charge is 0.464 e. The Bertz CT molecular complexity index is 866. The Morgan fingerprint density at radius 1 is 1.12 bits per heavy atom. The Hall–Kier alpha value is -2.89. The van der Waals surface area contributed by atoms with E-state index in [4.69, 9.17) is 9.62 Å². The van der Waals surface area contributed by atoms with E-state index in [1.807, 2.05) is 42.5 Å². The smallest absolute Gasteiger partial charge is 0.267 e. The van der Waals surface area contributed by atoms with Crippen molar-refractivity contribution >= 4 is 23.0 Å². The van der Waals surface area contributed by atoms with Gasteiger partial charge in [0, 0.05) is 18.0 Å². The topological polar surface area (TPSA) is 74.5 Å². The second kappa shape index (κ2) is 8.28. The normalized spacial score (nSPS) is 11.2. The molecule has 0 aliphatic rings. The summed E-state index contributed by atoms with van der Waals surface area (Å²) in [5, 5.41) is 13.1. The maximum atomic E-state index is 10.9. The van der Waals surface area contributed by atoms with Gasteiger partial charge in [-0.1, -0.05) is 36.4 Å². The molecule has 0 radical (unpaired) electrons. The molecule has 128 valence electrons. The van der Waals surface area contributed by atoms with Crippen LogP contribution in [0.4, 0.5) is 0 Å². The van der Waals surface area contributed by atoms with E-state index in [1.165, 1.54) is 22.6 Å². The van der Waals surface area contributed by atoms with Crippen molar-refractivity contribution in [2.45, 2.75) is 13.0 Å². The second-order valence-electron chi connectivity index (χ2n) is 5.73. The van der Waals surface area contributed by atoms with Crippen LogP contribution in [-0.2, 0) is 17.8 Å². The molecule has 0 atom stereocenters. The lowest BCUT2D eigenvalue weighted by Crippen LogP contribution is -2.16. The Morgan fingerprint density at radius 2 is 1.96 bits per heavy atom. The monoisotopic (exact) mass is 336 g/mol. The summed E-state index contributed by atoms with van der Waals surface area (Å²) in [5.74, 6) is -0.543. The average molecular weight is 336 g/mol. The first kappa shape index (κ1) is 17.0. The van der Waals surface area contributed by atoms with E-state index in [-0.39, 0.29) is 0 Å². The minimum Gasteiger partial charge on any atom is -0.464 e. The Labute approximate surface area is 145 Å². The number of hydrogen-bond acceptors (Lipinski definition) is 4. The number of nitrogens with one attached hydrogen (secondary N) is 2. The number of benzene rings is 2. The van der Waals surface area contributed by atoms with Crippen molar-refractivity contribution in [2.75, 3.05) is 6.54 Å². The van der Waals surface area contributed by atoms with Crippen LogP contribution in [0.1, 0.15) is 16.7 Å². The van der Waals surface area contributed by atoms with Gasteiger partial charge in [0.2, 0.25) is 0 Å². The molecular weight excluding hydrogens is 316 g/mol. The summed E-state index contributed by atoms with van der Waals surface area (Å²) in [7, 11) is 0. The standard InChI is InChI=1S/C20H20N2O3/c23-20(22-24)9-8-15-4-6-16(7-5-15)14-21-12-10-17-2-1-3-19-18(17)11-13-25-19/h1-9,11,13,21,24H,10,12,14H2,(H,22,23)/b9-8+. The van der Waals surface area contributed by atoms with E-state index < -0.39 is 5.91 Å². The SMILES string of the molecule is O=C(/C=C/c1ccc(CNCCc2cccc3occc23)cc1)NO. The van der Waals surface area contributed by atoms with Crippen LogP contribution in [0.3, 0.4) is 0 Å². The number of hydrogen-bond donors (Lipinski definition) is 3. The molecule has 5 heteroatoms. The fourth-order valence-corrected chi connectivity index (χ4v) is 2.69. The van der Waals surface area contributed by atoms with Crippen LogP contribution in [0.5, 0.6) is 0 Å². The maximum Gasteiger partial charge on any atom is 0.267 e. The van der Waals surface area contributed by atoms with Crippen LogP contribution >= 0.6 is 0 Å². The minimum atomic E-state index is -0.543. The first-order valence-electron chi connectivity index (χ1n) is 8.13. The van der Waals surface area contributed by atoms with E-state index in [1.54, 1.807) is 17.8 Å². The zero-order valence-electron chi connectivity index (χ0n) is 13.7. The van der Waals surface area contributed by atoms with Crippen LogP contribution < -0.4 is 10.8 Å².